The van der Waals surface area contributed by atoms with Crippen molar-refractivity contribution in [1.82, 2.24) is 10.2 Å². The lowest BCUT2D eigenvalue weighted by molar-refractivity contribution is -0.118. The molecule has 1 fully saturated rings. The van der Waals surface area contributed by atoms with Gasteiger partial charge in [-0.05, 0) is 24.3 Å². The molecule has 20 heavy (non-hydrogen) atoms. The van der Waals surface area contributed by atoms with Crippen molar-refractivity contribution < 1.29 is 9.53 Å². The van der Waals surface area contributed by atoms with E-state index >= 15 is 0 Å². The van der Waals surface area contributed by atoms with Crippen LogP contribution in [0.5, 0.6) is 5.75 Å². The summed E-state index contributed by atoms with van der Waals surface area (Å²) in [6.07, 6.45) is 0. The monoisotopic (exact) mass is 278 g/mol. The number of anilines is 1. The molecule has 1 amide bonds. The molecule has 2 rings (SSSR count). The molecule has 1 aliphatic rings. The molecular formula is C14H22N4O2. The second-order valence-corrected chi connectivity index (χ2v) is 4.84. The third kappa shape index (κ3) is 3.93. The van der Waals surface area contributed by atoms with E-state index in [1.54, 1.807) is 7.11 Å². The van der Waals surface area contributed by atoms with Crippen molar-refractivity contribution >= 4 is 11.6 Å². The number of carbonyl (C=O) groups excluding carboxylic acids is 1. The Labute approximate surface area is 119 Å². The molecule has 0 aliphatic carbocycles. The SMILES string of the molecule is COc1ccc(NC(=O)CN2CCNCC2CN)cc1. The number of carbonyl (C=O) groups is 1. The van der Waals surface area contributed by atoms with E-state index in [-0.39, 0.29) is 11.9 Å². The number of nitrogens with zero attached hydrogens (tertiary/aromatic N) is 1. The zero-order chi connectivity index (χ0) is 14.4. The summed E-state index contributed by atoms with van der Waals surface area (Å²) in [5.41, 5.74) is 6.50. The molecule has 1 unspecified atom stereocenters. The molecule has 1 aromatic rings. The van der Waals surface area contributed by atoms with E-state index in [9.17, 15) is 4.79 Å². The first-order chi connectivity index (χ1) is 9.72. The minimum atomic E-state index is -0.0180. The molecule has 6 nitrogen and oxygen atoms in total. The first-order valence-corrected chi connectivity index (χ1v) is 6.81. The highest BCUT2D eigenvalue weighted by molar-refractivity contribution is 5.92. The van der Waals surface area contributed by atoms with Gasteiger partial charge in [0, 0.05) is 37.9 Å². The lowest BCUT2D eigenvalue weighted by Crippen LogP contribution is -2.56. The summed E-state index contributed by atoms with van der Waals surface area (Å²) < 4.78 is 5.08. The number of hydrogen-bond acceptors (Lipinski definition) is 5. The van der Waals surface area contributed by atoms with Gasteiger partial charge in [-0.3, -0.25) is 9.69 Å². The number of nitrogens with one attached hydrogen (secondary N) is 2. The Morgan fingerprint density at radius 3 is 2.90 bits per heavy atom. The maximum absolute atomic E-state index is 12.1. The zero-order valence-electron chi connectivity index (χ0n) is 11.8. The van der Waals surface area contributed by atoms with Crippen molar-refractivity contribution in [2.75, 3.05) is 45.2 Å². The lowest BCUT2D eigenvalue weighted by Gasteiger charge is -2.34. The molecule has 1 heterocycles. The average molecular weight is 278 g/mol. The second-order valence-electron chi connectivity index (χ2n) is 4.84. The van der Waals surface area contributed by atoms with Crippen LogP contribution in [0.15, 0.2) is 24.3 Å². The number of methoxy groups -OCH3 is 1. The van der Waals surface area contributed by atoms with Gasteiger partial charge in [0.1, 0.15) is 5.75 Å². The van der Waals surface area contributed by atoms with Crippen LogP contribution >= 0.6 is 0 Å². The van der Waals surface area contributed by atoms with E-state index in [0.29, 0.717) is 13.1 Å². The van der Waals surface area contributed by atoms with Gasteiger partial charge in [0.25, 0.3) is 0 Å². The Balaban J connectivity index is 1.87. The number of benzene rings is 1. The van der Waals surface area contributed by atoms with Crippen LogP contribution in [0.25, 0.3) is 0 Å². The number of piperazine rings is 1. The minimum Gasteiger partial charge on any atom is -0.497 e. The van der Waals surface area contributed by atoms with Crippen LogP contribution in [-0.2, 0) is 4.79 Å². The third-order valence-electron chi connectivity index (χ3n) is 3.46. The molecule has 0 bridgehead atoms. The summed E-state index contributed by atoms with van der Waals surface area (Å²) in [6, 6.07) is 7.53. The molecule has 0 aromatic heterocycles. The molecule has 4 N–H and O–H groups in total. The van der Waals surface area contributed by atoms with Crippen LogP contribution in [0.1, 0.15) is 0 Å². The Kier molecular flexibility index (Phi) is 5.34. The van der Waals surface area contributed by atoms with Crippen LogP contribution in [0.2, 0.25) is 0 Å². The zero-order valence-corrected chi connectivity index (χ0v) is 11.8. The predicted molar refractivity (Wildman–Crippen MR) is 78.9 cm³/mol. The summed E-state index contributed by atoms with van der Waals surface area (Å²) in [5.74, 6) is 0.754. The molecule has 1 aliphatic heterocycles. The van der Waals surface area contributed by atoms with Gasteiger partial charge in [-0.15, -0.1) is 0 Å². The van der Waals surface area contributed by atoms with Gasteiger partial charge < -0.3 is 21.1 Å². The summed E-state index contributed by atoms with van der Waals surface area (Å²) >= 11 is 0. The minimum absolute atomic E-state index is 0.0180. The highest BCUT2D eigenvalue weighted by Gasteiger charge is 2.22. The number of nitrogens with two attached hydrogens (primary N) is 1. The first kappa shape index (κ1) is 14.8. The first-order valence-electron chi connectivity index (χ1n) is 6.81. The van der Waals surface area contributed by atoms with Crippen molar-refractivity contribution in [3.63, 3.8) is 0 Å². The van der Waals surface area contributed by atoms with E-state index in [0.717, 1.165) is 31.1 Å². The van der Waals surface area contributed by atoms with Crippen LogP contribution in [0.4, 0.5) is 5.69 Å². The third-order valence-corrected chi connectivity index (χ3v) is 3.46. The van der Waals surface area contributed by atoms with Crippen molar-refractivity contribution in [3.05, 3.63) is 24.3 Å². The van der Waals surface area contributed by atoms with E-state index in [4.69, 9.17) is 10.5 Å². The lowest BCUT2D eigenvalue weighted by atomic mass is 10.2. The predicted octanol–water partition coefficient (Wildman–Crippen LogP) is -0.134. The Hall–Kier alpha value is -1.63. The van der Waals surface area contributed by atoms with Crippen molar-refractivity contribution in [3.8, 4) is 5.75 Å². The fourth-order valence-corrected chi connectivity index (χ4v) is 2.30. The summed E-state index contributed by atoms with van der Waals surface area (Å²) in [7, 11) is 1.62. The molecule has 0 spiro atoms. The van der Waals surface area contributed by atoms with E-state index < -0.39 is 0 Å². The van der Waals surface area contributed by atoms with Crippen LogP contribution in [-0.4, -0.2) is 56.7 Å². The topological polar surface area (TPSA) is 79.6 Å². The highest BCUT2D eigenvalue weighted by atomic mass is 16.5. The standard InChI is InChI=1S/C14H22N4O2/c1-20-13-4-2-11(3-5-13)17-14(19)10-18-7-6-16-9-12(18)8-15/h2-5,12,16H,6-10,15H2,1H3,(H,17,19). The van der Waals surface area contributed by atoms with Crippen molar-refractivity contribution in [1.29, 1.82) is 0 Å². The average Bonchev–Trinajstić information content (AvgIpc) is 2.48. The summed E-state index contributed by atoms with van der Waals surface area (Å²) in [6.45, 7) is 3.51. The Bertz CT molecular complexity index is 435. The molecule has 1 saturated heterocycles. The van der Waals surface area contributed by atoms with Crippen molar-refractivity contribution in [2.24, 2.45) is 5.73 Å². The van der Waals surface area contributed by atoms with Gasteiger partial charge in [-0.1, -0.05) is 0 Å². The normalized spacial score (nSPS) is 19.6. The maximum Gasteiger partial charge on any atom is 0.238 e. The van der Waals surface area contributed by atoms with Gasteiger partial charge >= 0.3 is 0 Å². The Morgan fingerprint density at radius 1 is 1.50 bits per heavy atom. The van der Waals surface area contributed by atoms with Gasteiger partial charge in [0.05, 0.1) is 13.7 Å². The second kappa shape index (κ2) is 7.23. The molecular weight excluding hydrogens is 256 g/mol. The molecule has 1 aromatic carbocycles. The smallest absolute Gasteiger partial charge is 0.238 e. The highest BCUT2D eigenvalue weighted by Crippen LogP contribution is 2.15. The number of hydrogen-bond donors (Lipinski definition) is 3. The molecule has 0 saturated carbocycles. The fourth-order valence-electron chi connectivity index (χ4n) is 2.30. The van der Waals surface area contributed by atoms with Crippen LogP contribution in [0, 0.1) is 0 Å². The van der Waals surface area contributed by atoms with Crippen molar-refractivity contribution in [2.45, 2.75) is 6.04 Å². The molecule has 6 heteroatoms. The fraction of sp³-hybridized carbons (Fsp3) is 0.500. The van der Waals surface area contributed by atoms with Crippen LogP contribution < -0.4 is 21.1 Å². The maximum atomic E-state index is 12.1. The molecule has 0 radical (unpaired) electrons. The number of amides is 1. The summed E-state index contributed by atoms with van der Waals surface area (Å²) in [5, 5.41) is 6.17. The molecule has 110 valence electrons. The number of ether oxygens (including phenoxy) is 1. The van der Waals surface area contributed by atoms with Gasteiger partial charge in [-0.2, -0.15) is 0 Å². The quantitative estimate of drug-likeness (QED) is 0.699. The Morgan fingerprint density at radius 2 is 2.25 bits per heavy atom. The van der Waals surface area contributed by atoms with Gasteiger partial charge in [-0.25, -0.2) is 0 Å². The van der Waals surface area contributed by atoms with Gasteiger partial charge in [0.2, 0.25) is 5.91 Å². The van der Waals surface area contributed by atoms with Gasteiger partial charge in [0.15, 0.2) is 0 Å². The number of rotatable bonds is 5. The van der Waals surface area contributed by atoms with E-state index in [2.05, 4.69) is 15.5 Å². The molecule has 1 atom stereocenters. The van der Waals surface area contributed by atoms with E-state index in [1.165, 1.54) is 0 Å². The van der Waals surface area contributed by atoms with Crippen LogP contribution in [0.3, 0.4) is 0 Å². The van der Waals surface area contributed by atoms with E-state index in [1.807, 2.05) is 24.3 Å². The largest absolute Gasteiger partial charge is 0.497 e. The summed E-state index contributed by atoms with van der Waals surface area (Å²) in [4.78, 5) is 14.2.